The molecular weight excluding hydrogens is 260 g/mol. The van der Waals surface area contributed by atoms with Gasteiger partial charge in [0.2, 0.25) is 0 Å². The molecule has 3 N–H and O–H groups in total. The van der Waals surface area contributed by atoms with Crippen LogP contribution in [0.5, 0.6) is 0 Å². The van der Waals surface area contributed by atoms with Crippen LogP contribution in [0.4, 0.5) is 0 Å². The van der Waals surface area contributed by atoms with Crippen LogP contribution in [-0.4, -0.2) is 48.2 Å². The molecule has 7 nitrogen and oxygen atoms in total. The van der Waals surface area contributed by atoms with Gasteiger partial charge in [-0.3, -0.25) is 0 Å². The van der Waals surface area contributed by atoms with Crippen molar-refractivity contribution < 1.29 is 14.6 Å². The van der Waals surface area contributed by atoms with E-state index in [0.717, 1.165) is 12.8 Å². The van der Waals surface area contributed by atoms with Gasteiger partial charge >= 0.3 is 0 Å². The minimum absolute atomic E-state index is 0.0754. The second kappa shape index (κ2) is 8.44. The van der Waals surface area contributed by atoms with Crippen molar-refractivity contribution in [2.45, 2.75) is 76.5 Å². The lowest BCUT2D eigenvalue weighted by molar-refractivity contribution is 0.0157. The molecule has 0 aromatic rings. The Morgan fingerprint density at radius 2 is 1.85 bits per heavy atom. The van der Waals surface area contributed by atoms with Gasteiger partial charge in [-0.1, -0.05) is 12.0 Å². The van der Waals surface area contributed by atoms with Crippen molar-refractivity contribution in [2.24, 2.45) is 10.8 Å². The molecule has 2 rings (SSSR count). The Bertz CT molecular complexity index is 336. The van der Waals surface area contributed by atoms with E-state index < -0.39 is 0 Å². The number of rotatable bonds is 3. The zero-order valence-corrected chi connectivity index (χ0v) is 12.5. The van der Waals surface area contributed by atoms with E-state index >= 15 is 0 Å². The minimum atomic E-state index is -0.305. The highest BCUT2D eigenvalue weighted by Crippen LogP contribution is 2.22. The van der Waals surface area contributed by atoms with Crippen LogP contribution < -0.4 is 5.73 Å². The molecule has 2 aliphatic heterocycles. The SMILES string of the molecule is CC[C@H]1O[C@@H](C)CC1N.C[C@H]1CC(N=[N+]=[N-])[C@@H](CO)O1. The molecule has 0 spiro atoms. The predicted octanol–water partition coefficient (Wildman–Crippen LogP) is 1.74. The molecule has 2 unspecified atom stereocenters. The Kier molecular flexibility index (Phi) is 7.26. The highest BCUT2D eigenvalue weighted by atomic mass is 16.5. The molecule has 0 aromatic heterocycles. The van der Waals surface area contributed by atoms with Gasteiger partial charge in [0.15, 0.2) is 0 Å². The van der Waals surface area contributed by atoms with Gasteiger partial charge in [0.25, 0.3) is 0 Å². The summed E-state index contributed by atoms with van der Waals surface area (Å²) in [6.07, 6.45) is 3.26. The normalized spacial score (nSPS) is 39.9. The minimum Gasteiger partial charge on any atom is -0.394 e. The smallest absolute Gasteiger partial charge is 0.0894 e. The molecule has 0 saturated carbocycles. The van der Waals surface area contributed by atoms with Crippen molar-refractivity contribution in [3.8, 4) is 0 Å². The molecule has 6 atom stereocenters. The quantitative estimate of drug-likeness (QED) is 0.467. The monoisotopic (exact) mass is 286 g/mol. The maximum absolute atomic E-state index is 8.77. The number of nitrogens with zero attached hydrogens (tertiary/aromatic N) is 3. The summed E-state index contributed by atoms with van der Waals surface area (Å²) < 4.78 is 10.8. The molecule has 116 valence electrons. The third-order valence-electron chi connectivity index (χ3n) is 3.68. The molecular formula is C13H26N4O3. The van der Waals surface area contributed by atoms with Gasteiger partial charge in [0, 0.05) is 11.0 Å². The summed E-state index contributed by atoms with van der Waals surface area (Å²) in [6.45, 7) is 6.02. The van der Waals surface area contributed by atoms with Crippen molar-refractivity contribution >= 4 is 0 Å². The van der Waals surface area contributed by atoms with Crippen molar-refractivity contribution in [1.29, 1.82) is 0 Å². The summed E-state index contributed by atoms with van der Waals surface area (Å²) in [7, 11) is 0. The van der Waals surface area contributed by atoms with Gasteiger partial charge in [-0.25, -0.2) is 0 Å². The van der Waals surface area contributed by atoms with Gasteiger partial charge in [0.05, 0.1) is 37.1 Å². The van der Waals surface area contributed by atoms with E-state index in [1.54, 1.807) is 0 Å². The third kappa shape index (κ3) is 4.92. The number of hydrogen-bond donors (Lipinski definition) is 2. The molecule has 0 bridgehead atoms. The van der Waals surface area contributed by atoms with E-state index in [1.165, 1.54) is 0 Å². The summed E-state index contributed by atoms with van der Waals surface area (Å²) in [5.74, 6) is 0. The molecule has 2 heterocycles. The van der Waals surface area contributed by atoms with Crippen LogP contribution in [0.2, 0.25) is 0 Å². The number of nitrogens with two attached hydrogens (primary N) is 1. The molecule has 0 aliphatic carbocycles. The molecule has 0 amide bonds. The summed E-state index contributed by atoms with van der Waals surface area (Å²) in [5, 5.41) is 12.3. The van der Waals surface area contributed by atoms with Gasteiger partial charge in [-0.05, 0) is 38.6 Å². The molecule has 7 heteroatoms. The summed E-state index contributed by atoms with van der Waals surface area (Å²) in [4.78, 5) is 2.68. The predicted molar refractivity (Wildman–Crippen MR) is 76.2 cm³/mol. The largest absolute Gasteiger partial charge is 0.394 e. The number of ether oxygens (including phenoxy) is 2. The Hall–Kier alpha value is -0.850. The van der Waals surface area contributed by atoms with Crippen molar-refractivity contribution in [3.05, 3.63) is 10.4 Å². The molecule has 2 aliphatic rings. The first-order valence-electron chi connectivity index (χ1n) is 7.23. The van der Waals surface area contributed by atoms with Gasteiger partial charge < -0.3 is 20.3 Å². The first-order valence-corrected chi connectivity index (χ1v) is 7.23. The molecule has 20 heavy (non-hydrogen) atoms. The summed E-state index contributed by atoms with van der Waals surface area (Å²) >= 11 is 0. The highest BCUT2D eigenvalue weighted by molar-refractivity contribution is 4.85. The van der Waals surface area contributed by atoms with Crippen LogP contribution in [0.3, 0.4) is 0 Å². The Balaban J connectivity index is 0.000000204. The average Bonchev–Trinajstić information content (AvgIpc) is 2.92. The second-order valence-corrected chi connectivity index (χ2v) is 5.47. The first kappa shape index (κ1) is 17.2. The van der Waals surface area contributed by atoms with Crippen LogP contribution in [0, 0.1) is 0 Å². The van der Waals surface area contributed by atoms with Crippen LogP contribution >= 0.6 is 0 Å². The third-order valence-corrected chi connectivity index (χ3v) is 3.68. The maximum Gasteiger partial charge on any atom is 0.0894 e. The van der Waals surface area contributed by atoms with E-state index in [4.69, 9.17) is 25.8 Å². The lowest BCUT2D eigenvalue weighted by Gasteiger charge is -2.10. The summed E-state index contributed by atoms with van der Waals surface area (Å²) in [5.41, 5.74) is 13.9. The van der Waals surface area contributed by atoms with Crippen molar-refractivity contribution in [1.82, 2.24) is 0 Å². The molecule has 0 aromatic carbocycles. The van der Waals surface area contributed by atoms with E-state index in [1.807, 2.05) is 6.92 Å². The standard InChI is InChI=1S/C7H15NO.C6H11N3O2/c1-3-7-6(8)4-5(2)9-7;1-4-2-5(8-9-7)6(3-10)11-4/h5-7H,3-4,8H2,1-2H3;4-6,10H,2-3H2,1H3/t5-,6?,7+;4-,5?,6+/m00/s1. The Labute approximate surface area is 120 Å². The molecule has 0 radical (unpaired) electrons. The Morgan fingerprint density at radius 1 is 1.25 bits per heavy atom. The Morgan fingerprint density at radius 3 is 2.25 bits per heavy atom. The van der Waals surface area contributed by atoms with Crippen molar-refractivity contribution in [3.63, 3.8) is 0 Å². The van der Waals surface area contributed by atoms with Crippen LogP contribution in [0.1, 0.15) is 40.0 Å². The van der Waals surface area contributed by atoms with Gasteiger partial charge in [0.1, 0.15) is 0 Å². The number of hydrogen-bond acceptors (Lipinski definition) is 5. The zero-order chi connectivity index (χ0) is 15.1. The van der Waals surface area contributed by atoms with E-state index in [9.17, 15) is 0 Å². The lowest BCUT2D eigenvalue weighted by Crippen LogP contribution is -2.29. The molecule has 2 fully saturated rings. The number of aliphatic hydroxyl groups is 1. The lowest BCUT2D eigenvalue weighted by atomic mass is 10.1. The maximum atomic E-state index is 8.77. The second-order valence-electron chi connectivity index (χ2n) is 5.47. The van der Waals surface area contributed by atoms with Crippen LogP contribution in [0.25, 0.3) is 10.4 Å². The fourth-order valence-electron chi connectivity index (χ4n) is 2.68. The first-order chi connectivity index (χ1) is 9.51. The van der Waals surface area contributed by atoms with E-state index in [0.29, 0.717) is 18.6 Å². The average molecular weight is 286 g/mol. The fraction of sp³-hybridized carbons (Fsp3) is 1.00. The van der Waals surface area contributed by atoms with Crippen molar-refractivity contribution in [2.75, 3.05) is 6.61 Å². The topological polar surface area (TPSA) is 113 Å². The summed E-state index contributed by atoms with van der Waals surface area (Å²) in [6, 6.07) is 0.0880. The van der Waals surface area contributed by atoms with Crippen LogP contribution in [0.15, 0.2) is 5.11 Å². The van der Waals surface area contributed by atoms with E-state index in [-0.39, 0.29) is 30.9 Å². The number of aliphatic hydroxyl groups excluding tert-OH is 1. The number of azide groups is 1. The van der Waals surface area contributed by atoms with Crippen LogP contribution in [-0.2, 0) is 9.47 Å². The highest BCUT2D eigenvalue weighted by Gasteiger charge is 2.31. The van der Waals surface area contributed by atoms with E-state index in [2.05, 4.69) is 23.9 Å². The van der Waals surface area contributed by atoms with Gasteiger partial charge in [-0.2, -0.15) is 0 Å². The molecule has 2 saturated heterocycles. The fourth-order valence-corrected chi connectivity index (χ4v) is 2.68. The van der Waals surface area contributed by atoms with Gasteiger partial charge in [-0.15, -0.1) is 0 Å². The zero-order valence-electron chi connectivity index (χ0n) is 12.5.